The van der Waals surface area contributed by atoms with Crippen LogP contribution < -0.4 is 20.6 Å². The fourth-order valence-electron chi connectivity index (χ4n) is 6.77. The maximum absolute atomic E-state index is 16.0. The van der Waals surface area contributed by atoms with Crippen LogP contribution in [0.2, 0.25) is 10.0 Å². The summed E-state index contributed by atoms with van der Waals surface area (Å²) >= 11 is 12.2. The minimum Gasteiger partial charge on any atom is -0.454 e. The van der Waals surface area contributed by atoms with Crippen molar-refractivity contribution in [3.8, 4) is 35.1 Å². The van der Waals surface area contributed by atoms with Crippen LogP contribution in [0.5, 0.6) is 23.0 Å². The lowest BCUT2D eigenvalue weighted by molar-refractivity contribution is -0.155. The molecule has 0 radical (unpaired) electrons. The first-order valence-electron chi connectivity index (χ1n) is 20.4. The van der Waals surface area contributed by atoms with Crippen molar-refractivity contribution >= 4 is 35.1 Å². The van der Waals surface area contributed by atoms with Crippen LogP contribution in [-0.4, -0.2) is 31.5 Å². The van der Waals surface area contributed by atoms with Crippen LogP contribution in [0, 0.1) is 48.1 Å². The van der Waals surface area contributed by atoms with Gasteiger partial charge in [-0.25, -0.2) is 8.78 Å². The fraction of sp³-hybridized carbons (Fsp3) is 0.250. The van der Waals surface area contributed by atoms with E-state index in [-0.39, 0.29) is 90.7 Å². The summed E-state index contributed by atoms with van der Waals surface area (Å²) in [7, 11) is 0. The van der Waals surface area contributed by atoms with Crippen molar-refractivity contribution in [2.75, 3.05) is 0 Å². The Labute approximate surface area is 387 Å². The summed E-state index contributed by atoms with van der Waals surface area (Å²) < 4.78 is 56.1. The Bertz CT molecular complexity index is 2870. The van der Waals surface area contributed by atoms with Gasteiger partial charge in [0.15, 0.2) is 36.6 Å². The van der Waals surface area contributed by atoms with E-state index in [1.54, 1.807) is 24.3 Å². The lowest BCUT2D eigenvalue weighted by Crippen LogP contribution is -2.29. The molecule has 0 saturated carbocycles. The maximum atomic E-state index is 16.0. The molecular formula is C48H40Cl2F2N6O8. The number of ether oxygens (including phenoxy) is 4. The second kappa shape index (κ2) is 21.5. The van der Waals surface area contributed by atoms with Gasteiger partial charge in [0.05, 0.1) is 47.5 Å². The van der Waals surface area contributed by atoms with E-state index >= 15 is 8.78 Å². The van der Waals surface area contributed by atoms with Gasteiger partial charge in [-0.05, 0) is 97.5 Å². The minimum absolute atomic E-state index is 0.0506. The Hall–Kier alpha value is -7.40. The van der Waals surface area contributed by atoms with Crippen molar-refractivity contribution in [2.45, 2.75) is 79.7 Å². The molecule has 6 aromatic rings. The Morgan fingerprint density at radius 3 is 1.36 bits per heavy atom. The number of carbonyl (C=O) groups excluding carboxylic acids is 2. The topological polar surface area (TPSA) is 188 Å². The zero-order valence-electron chi connectivity index (χ0n) is 36.0. The highest BCUT2D eigenvalue weighted by Crippen LogP contribution is 2.35. The van der Waals surface area contributed by atoms with Crippen molar-refractivity contribution in [3.63, 3.8) is 0 Å². The van der Waals surface area contributed by atoms with Crippen LogP contribution >= 0.6 is 23.2 Å². The molecule has 0 atom stereocenters. The van der Waals surface area contributed by atoms with Crippen molar-refractivity contribution in [2.24, 2.45) is 0 Å². The molecule has 0 N–H and O–H groups in total. The number of hydrogen-bond acceptors (Lipinski definition) is 12. The van der Waals surface area contributed by atoms with Gasteiger partial charge in [-0.3, -0.25) is 19.2 Å². The van der Waals surface area contributed by atoms with Crippen molar-refractivity contribution < 1.29 is 37.3 Å². The molecular weight excluding hydrogens is 897 g/mol. The molecule has 0 spiro atoms. The van der Waals surface area contributed by atoms with Crippen LogP contribution in [0.4, 0.5) is 8.78 Å². The van der Waals surface area contributed by atoms with Gasteiger partial charge in [-0.1, -0.05) is 61.3 Å². The predicted octanol–water partition coefficient (Wildman–Crippen LogP) is 9.12. The zero-order valence-corrected chi connectivity index (χ0v) is 37.6. The average molecular weight is 938 g/mol. The molecule has 0 fully saturated rings. The third kappa shape index (κ3) is 11.8. The molecule has 18 heteroatoms. The predicted molar refractivity (Wildman–Crippen MR) is 238 cm³/mol. The molecule has 4 aromatic carbocycles. The lowest BCUT2D eigenvalue weighted by atomic mass is 10.0. The molecule has 0 unspecified atom stereocenters. The first kappa shape index (κ1) is 48.1. The minimum atomic E-state index is -0.860. The van der Waals surface area contributed by atoms with Gasteiger partial charge in [0.25, 0.3) is 11.1 Å². The number of carbonyl (C=O) groups is 2. The van der Waals surface area contributed by atoms with E-state index in [1.165, 1.54) is 62.4 Å². The van der Waals surface area contributed by atoms with Gasteiger partial charge in [0.2, 0.25) is 0 Å². The SMILES string of the molecule is CCc1ccc(Cc2cc(C)c(=O)n(COC(=O)CCC(=O)OCn3nc(Cc4ccc(CC)c(Oc5cc(Cl)cc(C#N)c5)c4F)cc(C)c3=O)n2)c(F)c1Oc1cc(Cl)cc(C#N)c1. The smallest absolute Gasteiger partial charge is 0.308 e. The molecule has 0 aliphatic rings. The highest BCUT2D eigenvalue weighted by Gasteiger charge is 2.20. The molecule has 2 heterocycles. The summed E-state index contributed by atoms with van der Waals surface area (Å²) in [6.07, 6.45) is -0.155. The van der Waals surface area contributed by atoms with Crippen molar-refractivity contribution in [1.82, 2.24) is 19.6 Å². The first-order chi connectivity index (χ1) is 31.6. The Morgan fingerprint density at radius 1 is 0.621 bits per heavy atom. The third-order valence-corrected chi connectivity index (χ3v) is 10.5. The number of halogens is 4. The summed E-state index contributed by atoms with van der Waals surface area (Å²) in [6, 6.07) is 22.2. The highest BCUT2D eigenvalue weighted by atomic mass is 35.5. The van der Waals surface area contributed by atoms with E-state index in [0.717, 1.165) is 9.36 Å². The zero-order chi connectivity index (χ0) is 47.7. The standard InChI is InChI=1S/C48H40Cl2F2N6O8/c1-5-31-7-9-33(43(51)45(31)65-39-17-29(23-53)15-35(49)21-39)19-37-13-27(3)47(61)57(55-37)25-63-41(59)11-12-42(60)64-26-58-48(62)28(4)14-38(56-58)20-34-10-8-32(6-2)46(44(34)52)66-40-18-30(24-54)16-36(50)22-40/h7-10,13-18,21-22H,5-6,11-12,19-20,25-26H2,1-4H3. The summed E-state index contributed by atoms with van der Waals surface area (Å²) in [5, 5.41) is 27.7. The van der Waals surface area contributed by atoms with Crippen LogP contribution in [-0.2, 0) is 58.2 Å². The number of nitrogens with zero attached hydrogens (tertiary/aromatic N) is 6. The molecule has 66 heavy (non-hydrogen) atoms. The number of rotatable bonds is 17. The summed E-state index contributed by atoms with van der Waals surface area (Å²) in [4.78, 5) is 51.2. The quantitative estimate of drug-likeness (QED) is 0.0790. The van der Waals surface area contributed by atoms with E-state index in [2.05, 4.69) is 10.2 Å². The third-order valence-electron chi connectivity index (χ3n) is 10.1. The van der Waals surface area contributed by atoms with Crippen LogP contribution in [0.25, 0.3) is 0 Å². The van der Waals surface area contributed by atoms with Crippen molar-refractivity contribution in [3.05, 3.63) is 171 Å². The van der Waals surface area contributed by atoms with Crippen LogP contribution in [0.3, 0.4) is 0 Å². The monoisotopic (exact) mass is 936 g/mol. The summed E-state index contributed by atoms with van der Waals surface area (Å²) in [6.45, 7) is 5.51. The number of benzene rings is 4. The normalized spacial score (nSPS) is 10.8. The van der Waals surface area contributed by atoms with E-state index in [0.29, 0.717) is 24.0 Å². The van der Waals surface area contributed by atoms with Gasteiger partial charge >= 0.3 is 11.9 Å². The number of hydrogen-bond donors (Lipinski definition) is 0. The molecule has 0 aliphatic heterocycles. The molecule has 0 amide bonds. The highest BCUT2D eigenvalue weighted by molar-refractivity contribution is 6.31. The number of aromatic nitrogens is 4. The second-order valence-electron chi connectivity index (χ2n) is 14.9. The Morgan fingerprint density at radius 2 is 1.00 bits per heavy atom. The van der Waals surface area contributed by atoms with Gasteiger partial charge in [-0.2, -0.15) is 30.1 Å². The van der Waals surface area contributed by atoms with Crippen LogP contribution in [0.1, 0.15) is 82.6 Å². The summed E-state index contributed by atoms with van der Waals surface area (Å²) in [5.41, 5.74) is 1.90. The Balaban J connectivity index is 1.06. The molecule has 2 aromatic heterocycles. The maximum Gasteiger partial charge on any atom is 0.308 e. The van der Waals surface area contributed by atoms with Gasteiger partial charge in [0.1, 0.15) is 11.5 Å². The second-order valence-corrected chi connectivity index (χ2v) is 15.8. The molecule has 0 bridgehead atoms. The van der Waals surface area contributed by atoms with Gasteiger partial charge in [-0.15, -0.1) is 0 Å². The molecule has 0 aliphatic carbocycles. The van der Waals surface area contributed by atoms with E-state index in [4.69, 9.17) is 42.1 Å². The van der Waals surface area contributed by atoms with E-state index in [1.807, 2.05) is 26.0 Å². The molecule has 338 valence electrons. The van der Waals surface area contributed by atoms with Gasteiger partial charge < -0.3 is 18.9 Å². The number of esters is 2. The fourth-order valence-corrected chi connectivity index (χ4v) is 7.22. The van der Waals surface area contributed by atoms with Crippen LogP contribution in [0.15, 0.2) is 82.4 Å². The molecule has 0 saturated heterocycles. The average Bonchev–Trinajstić information content (AvgIpc) is 3.29. The number of aryl methyl sites for hydroxylation is 4. The lowest BCUT2D eigenvalue weighted by Gasteiger charge is -2.15. The van der Waals surface area contributed by atoms with Gasteiger partial charge in [0, 0.05) is 34.0 Å². The van der Waals surface area contributed by atoms with E-state index < -0.39 is 61.0 Å². The van der Waals surface area contributed by atoms with E-state index in [9.17, 15) is 29.7 Å². The largest absolute Gasteiger partial charge is 0.454 e. The molecule has 14 nitrogen and oxygen atoms in total. The number of nitriles is 2. The summed E-state index contributed by atoms with van der Waals surface area (Å²) in [5.74, 6) is -2.82. The Kier molecular flexibility index (Phi) is 15.7. The molecule has 6 rings (SSSR count). The first-order valence-corrected chi connectivity index (χ1v) is 21.2. The van der Waals surface area contributed by atoms with Crippen molar-refractivity contribution in [1.29, 1.82) is 10.5 Å².